The summed E-state index contributed by atoms with van der Waals surface area (Å²) >= 11 is 0. The molecule has 132 valence electrons. The van der Waals surface area contributed by atoms with Gasteiger partial charge in [-0.3, -0.25) is 4.79 Å². The van der Waals surface area contributed by atoms with E-state index in [1.807, 2.05) is 36.9 Å². The van der Waals surface area contributed by atoms with Gasteiger partial charge >= 0.3 is 0 Å². The number of hydrogen-bond acceptors (Lipinski definition) is 2. The molecule has 0 aliphatic carbocycles. The zero-order valence-electron chi connectivity index (χ0n) is 15.1. The van der Waals surface area contributed by atoms with Gasteiger partial charge in [-0.05, 0) is 37.1 Å². The van der Waals surface area contributed by atoms with E-state index in [9.17, 15) is 4.79 Å². The monoisotopic (exact) mass is 339 g/mol. The molecule has 1 fully saturated rings. The fourth-order valence-electron chi connectivity index (χ4n) is 3.39. The van der Waals surface area contributed by atoms with Gasteiger partial charge in [0.15, 0.2) is 6.61 Å². The van der Waals surface area contributed by atoms with E-state index in [2.05, 4.69) is 30.3 Å². The van der Waals surface area contributed by atoms with Crippen molar-refractivity contribution in [1.29, 1.82) is 0 Å². The van der Waals surface area contributed by atoms with Crippen LogP contribution in [0.4, 0.5) is 0 Å². The van der Waals surface area contributed by atoms with E-state index >= 15 is 0 Å². The number of ether oxygens (including phenoxy) is 1. The van der Waals surface area contributed by atoms with Crippen LogP contribution in [-0.2, 0) is 11.3 Å². The molecule has 2 aromatic rings. The highest BCUT2D eigenvalue weighted by Gasteiger charge is 2.23. The average Bonchev–Trinajstić information content (AvgIpc) is 2.60. The Balaban J connectivity index is 1.45. The first-order valence-corrected chi connectivity index (χ1v) is 8.96. The first kappa shape index (κ1) is 17.5. The van der Waals surface area contributed by atoms with E-state index in [1.165, 1.54) is 10.5 Å². The second-order valence-electron chi connectivity index (χ2n) is 6.91. The Labute approximate surface area is 150 Å². The summed E-state index contributed by atoms with van der Waals surface area (Å²) in [5, 5.41) is 0. The van der Waals surface area contributed by atoms with Gasteiger partial charge in [0.1, 0.15) is 12.3 Å². The number of piperazine rings is 1. The van der Waals surface area contributed by atoms with Gasteiger partial charge in [-0.25, -0.2) is 0 Å². The van der Waals surface area contributed by atoms with Crippen LogP contribution in [0.15, 0.2) is 48.5 Å². The summed E-state index contributed by atoms with van der Waals surface area (Å²) in [6.07, 6.45) is 0. The Kier molecular flexibility index (Phi) is 5.71. The molecule has 4 heteroatoms. The number of aryl methyl sites for hydroxylation is 2. The van der Waals surface area contributed by atoms with Crippen LogP contribution in [0.3, 0.4) is 0 Å². The van der Waals surface area contributed by atoms with Crippen molar-refractivity contribution >= 4 is 5.91 Å². The third-order valence-electron chi connectivity index (χ3n) is 4.68. The van der Waals surface area contributed by atoms with Crippen LogP contribution in [0.25, 0.3) is 0 Å². The van der Waals surface area contributed by atoms with E-state index in [0.29, 0.717) is 0 Å². The third-order valence-corrected chi connectivity index (χ3v) is 4.68. The third kappa shape index (κ3) is 5.07. The van der Waals surface area contributed by atoms with Crippen LogP contribution < -0.4 is 9.64 Å². The molecule has 1 aliphatic rings. The van der Waals surface area contributed by atoms with Gasteiger partial charge < -0.3 is 14.5 Å². The zero-order chi connectivity index (χ0) is 17.6. The van der Waals surface area contributed by atoms with Crippen LogP contribution in [0.5, 0.6) is 5.75 Å². The lowest BCUT2D eigenvalue weighted by atomic mass is 10.1. The summed E-state index contributed by atoms with van der Waals surface area (Å²) < 4.78 is 5.71. The molecule has 1 aliphatic heterocycles. The molecule has 0 saturated carbocycles. The Hall–Kier alpha value is -2.33. The number of carbonyl (C=O) groups is 1. The van der Waals surface area contributed by atoms with Crippen molar-refractivity contribution in [1.82, 2.24) is 4.90 Å². The molecule has 1 N–H and O–H groups in total. The minimum atomic E-state index is 0.0814. The van der Waals surface area contributed by atoms with Crippen LogP contribution >= 0.6 is 0 Å². The minimum Gasteiger partial charge on any atom is -0.484 e. The van der Waals surface area contributed by atoms with E-state index in [1.54, 1.807) is 0 Å². The van der Waals surface area contributed by atoms with Crippen LogP contribution in [-0.4, -0.2) is 43.6 Å². The van der Waals surface area contributed by atoms with Gasteiger partial charge in [0.05, 0.1) is 26.2 Å². The van der Waals surface area contributed by atoms with Crippen molar-refractivity contribution in [3.8, 4) is 5.75 Å². The molecule has 3 rings (SSSR count). The Morgan fingerprint density at radius 1 is 1.04 bits per heavy atom. The van der Waals surface area contributed by atoms with Crippen LogP contribution in [0.1, 0.15) is 16.7 Å². The van der Waals surface area contributed by atoms with Crippen molar-refractivity contribution < 1.29 is 14.4 Å². The highest BCUT2D eigenvalue weighted by molar-refractivity contribution is 5.77. The SMILES string of the molecule is Cc1cc(C)cc(OCC(=O)N2CC[NH+](Cc3ccccc3)CC2)c1. The molecule has 2 aromatic carbocycles. The summed E-state index contributed by atoms with van der Waals surface area (Å²) in [7, 11) is 0. The van der Waals surface area contributed by atoms with Gasteiger partial charge in [0.2, 0.25) is 0 Å². The molecule has 0 aromatic heterocycles. The Morgan fingerprint density at radius 2 is 1.68 bits per heavy atom. The van der Waals surface area contributed by atoms with Gasteiger partial charge in [-0.15, -0.1) is 0 Å². The molecular formula is C21H27N2O2+. The van der Waals surface area contributed by atoms with Crippen molar-refractivity contribution in [2.24, 2.45) is 0 Å². The largest absolute Gasteiger partial charge is 0.484 e. The molecular weight excluding hydrogens is 312 g/mol. The van der Waals surface area contributed by atoms with Gasteiger partial charge in [-0.2, -0.15) is 0 Å². The zero-order valence-corrected chi connectivity index (χ0v) is 15.1. The topological polar surface area (TPSA) is 34.0 Å². The maximum Gasteiger partial charge on any atom is 0.260 e. The molecule has 0 spiro atoms. The van der Waals surface area contributed by atoms with Crippen molar-refractivity contribution in [2.75, 3.05) is 32.8 Å². The van der Waals surface area contributed by atoms with Gasteiger partial charge in [0.25, 0.3) is 5.91 Å². The molecule has 1 heterocycles. The summed E-state index contributed by atoms with van der Waals surface area (Å²) in [4.78, 5) is 15.9. The first-order valence-electron chi connectivity index (χ1n) is 8.96. The summed E-state index contributed by atoms with van der Waals surface area (Å²) in [5.74, 6) is 0.858. The predicted molar refractivity (Wildman–Crippen MR) is 98.8 cm³/mol. The Bertz CT molecular complexity index is 687. The summed E-state index contributed by atoms with van der Waals surface area (Å²) in [6.45, 7) is 8.81. The van der Waals surface area contributed by atoms with Gasteiger partial charge in [0, 0.05) is 5.56 Å². The lowest BCUT2D eigenvalue weighted by Gasteiger charge is -2.32. The van der Waals surface area contributed by atoms with Crippen molar-refractivity contribution in [2.45, 2.75) is 20.4 Å². The van der Waals surface area contributed by atoms with E-state index in [-0.39, 0.29) is 12.5 Å². The van der Waals surface area contributed by atoms with E-state index in [4.69, 9.17) is 4.74 Å². The predicted octanol–water partition coefficient (Wildman–Crippen LogP) is 1.61. The highest BCUT2D eigenvalue weighted by Crippen LogP contribution is 2.16. The first-order chi connectivity index (χ1) is 12.1. The minimum absolute atomic E-state index is 0.0814. The number of quaternary nitrogens is 1. The normalized spacial score (nSPS) is 15.2. The second kappa shape index (κ2) is 8.17. The van der Waals surface area contributed by atoms with Gasteiger partial charge in [-0.1, -0.05) is 36.4 Å². The number of nitrogens with one attached hydrogen (secondary N) is 1. The maximum absolute atomic E-state index is 12.4. The molecule has 0 radical (unpaired) electrons. The Morgan fingerprint density at radius 3 is 2.32 bits per heavy atom. The molecule has 0 bridgehead atoms. The molecule has 25 heavy (non-hydrogen) atoms. The van der Waals surface area contributed by atoms with Crippen LogP contribution in [0, 0.1) is 13.8 Å². The molecule has 1 amide bonds. The fourth-order valence-corrected chi connectivity index (χ4v) is 3.39. The number of rotatable bonds is 5. The lowest BCUT2D eigenvalue weighted by molar-refractivity contribution is -0.917. The summed E-state index contributed by atoms with van der Waals surface area (Å²) in [6, 6.07) is 16.6. The van der Waals surface area contributed by atoms with Crippen molar-refractivity contribution in [3.63, 3.8) is 0 Å². The quantitative estimate of drug-likeness (QED) is 0.898. The van der Waals surface area contributed by atoms with Crippen LogP contribution in [0.2, 0.25) is 0 Å². The van der Waals surface area contributed by atoms with Crippen molar-refractivity contribution in [3.05, 3.63) is 65.2 Å². The van der Waals surface area contributed by atoms with E-state index in [0.717, 1.165) is 49.6 Å². The number of hydrogen-bond donors (Lipinski definition) is 1. The standard InChI is InChI=1S/C21H26N2O2/c1-17-12-18(2)14-20(13-17)25-16-21(24)23-10-8-22(9-11-23)15-19-6-4-3-5-7-19/h3-7,12-14H,8-11,15-16H2,1-2H3/p+1. The summed E-state index contributed by atoms with van der Waals surface area (Å²) in [5.41, 5.74) is 3.66. The second-order valence-corrected chi connectivity index (χ2v) is 6.91. The lowest BCUT2D eigenvalue weighted by Crippen LogP contribution is -3.13. The smallest absolute Gasteiger partial charge is 0.260 e. The maximum atomic E-state index is 12.4. The number of benzene rings is 2. The molecule has 1 saturated heterocycles. The highest BCUT2D eigenvalue weighted by atomic mass is 16.5. The molecule has 0 unspecified atom stereocenters. The fraction of sp³-hybridized carbons (Fsp3) is 0.381. The number of carbonyl (C=O) groups excluding carboxylic acids is 1. The average molecular weight is 339 g/mol. The molecule has 4 nitrogen and oxygen atoms in total. The molecule has 0 atom stereocenters. The number of amides is 1. The van der Waals surface area contributed by atoms with E-state index < -0.39 is 0 Å². The number of nitrogens with zero attached hydrogens (tertiary/aromatic N) is 1.